The topological polar surface area (TPSA) is 93.3 Å². The number of nitrogens with zero attached hydrogens (tertiary/aromatic N) is 1. The first-order chi connectivity index (χ1) is 17.7. The van der Waals surface area contributed by atoms with Crippen molar-refractivity contribution in [1.29, 1.82) is 0 Å². The molecule has 0 amide bonds. The molecule has 2 aliphatic rings. The highest BCUT2D eigenvalue weighted by Gasteiger charge is 2.42. The molecule has 9 heteroatoms. The minimum absolute atomic E-state index is 0.0305. The summed E-state index contributed by atoms with van der Waals surface area (Å²) < 4.78 is 10.9. The quantitative estimate of drug-likeness (QED) is 0.297. The van der Waals surface area contributed by atoms with Gasteiger partial charge in [0.2, 0.25) is 0 Å². The van der Waals surface area contributed by atoms with E-state index in [9.17, 15) is 9.59 Å². The van der Waals surface area contributed by atoms with E-state index >= 15 is 0 Å². The number of ether oxygens (including phenoxy) is 2. The molecule has 0 saturated carbocycles. The van der Waals surface area contributed by atoms with Crippen molar-refractivity contribution in [2.24, 2.45) is 5.41 Å². The normalized spacial score (nSPS) is 18.1. The lowest BCUT2D eigenvalue weighted by molar-refractivity contribution is -0.118. The van der Waals surface area contributed by atoms with E-state index in [1.807, 2.05) is 36.4 Å². The van der Waals surface area contributed by atoms with Crippen molar-refractivity contribution in [2.75, 3.05) is 19.5 Å². The summed E-state index contributed by atoms with van der Waals surface area (Å²) in [5.74, 6) is 1.64. The third-order valence-corrected chi connectivity index (χ3v) is 7.89. The lowest BCUT2D eigenvalue weighted by atomic mass is 9.69. The smallest absolute Gasteiger partial charge is 0.257 e. The van der Waals surface area contributed by atoms with Gasteiger partial charge in [-0.15, -0.1) is 0 Å². The van der Waals surface area contributed by atoms with Crippen LogP contribution in [0, 0.1) is 5.41 Å². The fourth-order valence-electron chi connectivity index (χ4n) is 5.11. The number of anilines is 1. The highest BCUT2D eigenvalue weighted by Crippen LogP contribution is 2.48. The zero-order chi connectivity index (χ0) is 26.3. The number of hydrogen-bond acceptors (Lipinski definition) is 7. The molecule has 1 aliphatic heterocycles. The van der Waals surface area contributed by atoms with Gasteiger partial charge in [0.15, 0.2) is 22.4 Å². The summed E-state index contributed by atoms with van der Waals surface area (Å²) in [4.78, 5) is 34.8. The van der Waals surface area contributed by atoms with Crippen molar-refractivity contribution in [3.8, 4) is 11.5 Å². The molecule has 0 radical (unpaired) electrons. The zero-order valence-electron chi connectivity index (χ0n) is 21.1. The minimum Gasteiger partial charge on any atom is -0.493 e. The predicted octanol–water partition coefficient (Wildman–Crippen LogP) is 5.93. The Bertz CT molecular complexity index is 1480. The lowest BCUT2D eigenvalue weighted by Gasteiger charge is -2.38. The molecule has 0 saturated heterocycles. The maximum absolute atomic E-state index is 13.6. The van der Waals surface area contributed by atoms with Crippen molar-refractivity contribution < 1.29 is 14.3 Å². The Labute approximate surface area is 224 Å². The number of carbonyl (C=O) groups excluding carboxylic acids is 1. The fourth-order valence-corrected chi connectivity index (χ4v) is 6.12. The van der Waals surface area contributed by atoms with Gasteiger partial charge in [-0.05, 0) is 47.2 Å². The van der Waals surface area contributed by atoms with Gasteiger partial charge in [-0.1, -0.05) is 55.4 Å². The van der Waals surface area contributed by atoms with Crippen LogP contribution in [0.25, 0.3) is 0 Å². The molecule has 1 atom stereocenters. The van der Waals surface area contributed by atoms with Crippen molar-refractivity contribution >= 4 is 35.0 Å². The van der Waals surface area contributed by atoms with Gasteiger partial charge in [-0.25, -0.2) is 4.98 Å². The van der Waals surface area contributed by atoms with Gasteiger partial charge in [0, 0.05) is 34.4 Å². The SMILES string of the molecule is COc1ccc([C@H]2C3=C(CC(C)(C)CC3=O)Nc3nc(SCc4cccc(Cl)c4)[nH]c(=O)c32)cc1OC. The third-order valence-electron chi connectivity index (χ3n) is 6.71. The standard InChI is InChI=1S/C28H28ClN3O4S/c1-28(2)12-18-23(19(33)13-28)22(16-8-9-20(35-3)21(11-16)36-4)24-25(30-18)31-27(32-26(24)34)37-14-15-6-5-7-17(29)10-15/h5-11,22H,12-14H2,1-4H3,(H2,30,31,32,34)/t22-/m0/s1. The monoisotopic (exact) mass is 537 g/mol. The molecule has 0 fully saturated rings. The maximum atomic E-state index is 13.6. The van der Waals surface area contributed by atoms with Crippen LogP contribution in [-0.4, -0.2) is 30.0 Å². The molecule has 192 valence electrons. The van der Waals surface area contributed by atoms with Crippen LogP contribution in [-0.2, 0) is 10.5 Å². The highest BCUT2D eigenvalue weighted by molar-refractivity contribution is 7.98. The van der Waals surface area contributed by atoms with Gasteiger partial charge in [-0.3, -0.25) is 9.59 Å². The first-order valence-electron chi connectivity index (χ1n) is 12.0. The molecule has 0 spiro atoms. The van der Waals surface area contributed by atoms with Crippen LogP contribution in [0.5, 0.6) is 11.5 Å². The number of rotatable bonds is 6. The van der Waals surface area contributed by atoms with Crippen molar-refractivity contribution in [3.63, 3.8) is 0 Å². The van der Waals surface area contributed by atoms with E-state index < -0.39 is 5.92 Å². The van der Waals surface area contributed by atoms with Crippen LogP contribution in [0.3, 0.4) is 0 Å². The largest absolute Gasteiger partial charge is 0.493 e. The van der Waals surface area contributed by atoms with Gasteiger partial charge >= 0.3 is 0 Å². The average molecular weight is 538 g/mol. The molecular weight excluding hydrogens is 510 g/mol. The average Bonchev–Trinajstić information content (AvgIpc) is 2.85. The predicted molar refractivity (Wildman–Crippen MR) is 146 cm³/mol. The number of aromatic amines is 1. The molecule has 2 heterocycles. The van der Waals surface area contributed by atoms with Gasteiger partial charge < -0.3 is 19.8 Å². The van der Waals surface area contributed by atoms with Crippen molar-refractivity contribution in [2.45, 2.75) is 43.5 Å². The molecule has 7 nitrogen and oxygen atoms in total. The summed E-state index contributed by atoms with van der Waals surface area (Å²) in [6.07, 6.45) is 1.09. The van der Waals surface area contributed by atoms with Crippen LogP contribution in [0.15, 0.2) is 63.7 Å². The molecule has 37 heavy (non-hydrogen) atoms. The van der Waals surface area contributed by atoms with E-state index in [0.717, 1.165) is 16.8 Å². The molecule has 3 aromatic rings. The minimum atomic E-state index is -0.571. The Morgan fingerprint density at radius 3 is 2.59 bits per heavy atom. The Hall–Kier alpha value is -3.23. The van der Waals surface area contributed by atoms with Gasteiger partial charge in [-0.2, -0.15) is 0 Å². The molecule has 1 aliphatic carbocycles. The van der Waals surface area contributed by atoms with Crippen LogP contribution in [0.1, 0.15) is 49.3 Å². The van der Waals surface area contributed by atoms with Gasteiger partial charge in [0.05, 0.1) is 19.8 Å². The lowest BCUT2D eigenvalue weighted by Crippen LogP contribution is -2.37. The number of H-pyrrole nitrogens is 1. The Kier molecular flexibility index (Phi) is 6.81. The number of carbonyl (C=O) groups is 1. The van der Waals surface area contributed by atoms with Crippen LogP contribution < -0.4 is 20.3 Å². The van der Waals surface area contributed by atoms with Crippen LogP contribution >= 0.6 is 23.4 Å². The third kappa shape index (κ3) is 5.00. The Morgan fingerprint density at radius 2 is 1.86 bits per heavy atom. The van der Waals surface area contributed by atoms with E-state index in [4.69, 9.17) is 26.1 Å². The number of ketones is 1. The molecule has 1 aromatic heterocycles. The number of methoxy groups -OCH3 is 2. The number of Topliss-reactive ketones (excluding diaryl/α,β-unsaturated/α-hetero) is 1. The number of aromatic nitrogens is 2. The van der Waals surface area contributed by atoms with Crippen LogP contribution in [0.2, 0.25) is 5.02 Å². The zero-order valence-corrected chi connectivity index (χ0v) is 22.7. The van der Waals surface area contributed by atoms with E-state index in [-0.39, 0.29) is 16.8 Å². The molecule has 2 aromatic carbocycles. The molecule has 0 unspecified atom stereocenters. The van der Waals surface area contributed by atoms with Gasteiger partial charge in [0.25, 0.3) is 5.56 Å². The summed E-state index contributed by atoms with van der Waals surface area (Å²) >= 11 is 7.54. The number of thioether (sulfide) groups is 1. The summed E-state index contributed by atoms with van der Waals surface area (Å²) in [7, 11) is 3.14. The second kappa shape index (κ2) is 9.91. The van der Waals surface area contributed by atoms with Crippen molar-refractivity contribution in [1.82, 2.24) is 9.97 Å². The van der Waals surface area contributed by atoms with E-state index in [1.54, 1.807) is 20.3 Å². The second-order valence-corrected chi connectivity index (χ2v) is 11.5. The first kappa shape index (κ1) is 25.4. The summed E-state index contributed by atoms with van der Waals surface area (Å²) in [5, 5.41) is 4.52. The Morgan fingerprint density at radius 1 is 1.08 bits per heavy atom. The Balaban J connectivity index is 1.60. The number of nitrogens with one attached hydrogen (secondary N) is 2. The van der Waals surface area contributed by atoms with E-state index in [1.165, 1.54) is 11.8 Å². The maximum Gasteiger partial charge on any atom is 0.257 e. The van der Waals surface area contributed by atoms with Crippen molar-refractivity contribution in [3.05, 3.63) is 85.8 Å². The number of halogens is 1. The number of benzene rings is 2. The van der Waals surface area contributed by atoms with E-state index in [0.29, 0.717) is 57.2 Å². The molecule has 2 N–H and O–H groups in total. The highest BCUT2D eigenvalue weighted by atomic mass is 35.5. The van der Waals surface area contributed by atoms with E-state index in [2.05, 4.69) is 24.1 Å². The first-order valence-corrected chi connectivity index (χ1v) is 13.3. The summed E-state index contributed by atoms with van der Waals surface area (Å²) in [6.45, 7) is 4.16. The summed E-state index contributed by atoms with van der Waals surface area (Å²) in [5.41, 5.74) is 3.17. The molecular formula is C28H28ClN3O4S. The number of fused-ring (bicyclic) bond motifs is 1. The fraction of sp³-hybridized carbons (Fsp3) is 0.321. The molecule has 5 rings (SSSR count). The van der Waals surface area contributed by atoms with Crippen LogP contribution in [0.4, 0.5) is 5.82 Å². The second-order valence-electron chi connectivity index (χ2n) is 10.1. The van der Waals surface area contributed by atoms with Gasteiger partial charge in [0.1, 0.15) is 5.82 Å². The summed E-state index contributed by atoms with van der Waals surface area (Å²) in [6, 6.07) is 13.1. The molecule has 0 bridgehead atoms. The number of hydrogen-bond donors (Lipinski definition) is 2. The number of allylic oxidation sites excluding steroid dienone is 2.